The Bertz CT molecular complexity index is 432. The molecule has 0 spiro atoms. The van der Waals surface area contributed by atoms with Gasteiger partial charge in [0.05, 0.1) is 6.26 Å². The summed E-state index contributed by atoms with van der Waals surface area (Å²) in [6.45, 7) is 0. The van der Waals surface area contributed by atoms with Crippen molar-refractivity contribution in [3.05, 3.63) is 0 Å². The highest BCUT2D eigenvalue weighted by Gasteiger charge is 2.27. The number of rotatable bonds is 3. The largest absolute Gasteiger partial charge is 0.394 e. The molecule has 0 aliphatic heterocycles. The second-order valence-corrected chi connectivity index (χ2v) is 6.52. The van der Waals surface area contributed by atoms with Gasteiger partial charge in [0.15, 0.2) is 0 Å². The number of sulfonamides is 1. The van der Waals surface area contributed by atoms with Crippen LogP contribution in [0.2, 0.25) is 0 Å². The van der Waals surface area contributed by atoms with Crippen molar-refractivity contribution >= 4 is 28.3 Å². The predicted octanol–water partition coefficient (Wildman–Crippen LogP) is 0.635. The van der Waals surface area contributed by atoms with Gasteiger partial charge in [0.2, 0.25) is 0 Å². The number of hydrogen-bond acceptors (Lipinski definition) is 4. The molecule has 13 heavy (non-hydrogen) atoms. The van der Waals surface area contributed by atoms with Gasteiger partial charge in [0.1, 0.15) is 0 Å². The Hall–Kier alpha value is -0.120. The first-order valence-corrected chi connectivity index (χ1v) is 7.13. The molecule has 80 valence electrons. The summed E-state index contributed by atoms with van der Waals surface area (Å²) in [4.78, 5) is 0. The quantitative estimate of drug-likeness (QED) is 0.595. The molecule has 0 saturated heterocycles. The predicted molar refractivity (Wildman–Crippen MR) is 39.6 cm³/mol. The molecule has 0 aromatic carbocycles. The average molecular weight is 260 g/mol. The molecule has 0 saturated carbocycles. The van der Waals surface area contributed by atoms with Crippen LogP contribution in [-0.2, 0) is 20.4 Å². The Labute approximate surface area is 72.9 Å². The third-order valence-corrected chi connectivity index (χ3v) is 4.23. The van der Waals surface area contributed by atoms with Gasteiger partial charge in [-0.1, -0.05) is 8.38 Å². The van der Waals surface area contributed by atoms with E-state index in [0.717, 1.165) is 0 Å². The maximum Gasteiger partial charge on any atom is 0.394 e. The molecule has 1 N–H and O–H groups in total. The van der Waals surface area contributed by atoms with Crippen LogP contribution in [0.5, 0.6) is 0 Å². The highest BCUT2D eigenvalue weighted by molar-refractivity contribution is 7.95. The Morgan fingerprint density at radius 3 is 1.85 bits per heavy atom. The standard InChI is InChI=1S/CH4F3N2O4PS2/c1-12(7,8)5-11(2,3)6-13(4,9)10/h6H,1H3. The lowest BCUT2D eigenvalue weighted by Crippen LogP contribution is -2.12. The van der Waals surface area contributed by atoms with Gasteiger partial charge in [0, 0.05) is 0 Å². The van der Waals surface area contributed by atoms with E-state index in [4.69, 9.17) is 0 Å². The SMILES string of the molecule is CS(=O)(=O)N=P(F)(F)NS(=O)(=O)F. The molecular weight excluding hydrogens is 256 g/mol. The summed E-state index contributed by atoms with van der Waals surface area (Å²) in [6.07, 6.45) is 0.327. The maximum absolute atomic E-state index is 12.3. The zero-order valence-corrected chi connectivity index (χ0v) is 8.51. The van der Waals surface area contributed by atoms with Gasteiger partial charge >= 0.3 is 18.2 Å². The van der Waals surface area contributed by atoms with E-state index in [1.807, 2.05) is 4.15 Å². The minimum atomic E-state index is -5.86. The molecule has 0 atom stereocenters. The maximum atomic E-state index is 12.3. The third kappa shape index (κ3) is 8.22. The number of nitrogens with one attached hydrogen (secondary N) is 1. The van der Waals surface area contributed by atoms with E-state index < -0.39 is 28.3 Å². The minimum Gasteiger partial charge on any atom is -0.205 e. The molecule has 0 amide bonds. The number of halogens is 3. The first-order chi connectivity index (χ1) is 5.41. The van der Waals surface area contributed by atoms with Gasteiger partial charge in [-0.2, -0.15) is 16.8 Å². The average Bonchev–Trinajstić information content (AvgIpc) is 1.43. The van der Waals surface area contributed by atoms with E-state index in [0.29, 0.717) is 6.26 Å². The van der Waals surface area contributed by atoms with Crippen molar-refractivity contribution in [3.8, 4) is 0 Å². The van der Waals surface area contributed by atoms with Gasteiger partial charge in [-0.15, -0.1) is 4.15 Å². The van der Waals surface area contributed by atoms with E-state index in [1.165, 1.54) is 0 Å². The van der Waals surface area contributed by atoms with Crippen molar-refractivity contribution in [2.24, 2.45) is 4.15 Å². The summed E-state index contributed by atoms with van der Waals surface area (Å²) >= 11 is 0. The van der Waals surface area contributed by atoms with Crippen LogP contribution in [0.4, 0.5) is 12.3 Å². The normalized spacial score (nSPS) is 14.2. The highest BCUT2D eigenvalue weighted by Crippen LogP contribution is 2.50. The van der Waals surface area contributed by atoms with Crippen LogP contribution in [0.3, 0.4) is 0 Å². The van der Waals surface area contributed by atoms with Crippen LogP contribution in [0.1, 0.15) is 0 Å². The Morgan fingerprint density at radius 2 is 1.62 bits per heavy atom. The zero-order valence-electron chi connectivity index (χ0n) is 5.98. The summed E-state index contributed by atoms with van der Waals surface area (Å²) in [5.41, 5.74) is 0. The van der Waals surface area contributed by atoms with Crippen LogP contribution in [0.25, 0.3) is 0 Å². The van der Waals surface area contributed by atoms with E-state index in [9.17, 15) is 29.1 Å². The lowest BCUT2D eigenvalue weighted by atomic mass is 12.0. The summed E-state index contributed by atoms with van der Waals surface area (Å²) < 4.78 is 77.8. The summed E-state index contributed by atoms with van der Waals surface area (Å²) in [7, 11) is -15.9. The Balaban J connectivity index is 5.13. The molecule has 0 aromatic heterocycles. The monoisotopic (exact) mass is 260 g/mol. The smallest absolute Gasteiger partial charge is 0.205 e. The van der Waals surface area contributed by atoms with E-state index in [-0.39, 0.29) is 4.49 Å². The lowest BCUT2D eigenvalue weighted by Gasteiger charge is -2.01. The van der Waals surface area contributed by atoms with Crippen molar-refractivity contribution in [1.82, 2.24) is 4.49 Å². The topological polar surface area (TPSA) is 92.7 Å². The fourth-order valence-corrected chi connectivity index (χ4v) is 3.31. The van der Waals surface area contributed by atoms with Crippen molar-refractivity contribution in [3.63, 3.8) is 0 Å². The van der Waals surface area contributed by atoms with Gasteiger partial charge in [0.25, 0.3) is 10.0 Å². The number of hydrogen-bond donors (Lipinski definition) is 1. The summed E-state index contributed by atoms with van der Waals surface area (Å²) in [5.74, 6) is 0. The molecule has 0 radical (unpaired) electrons. The summed E-state index contributed by atoms with van der Waals surface area (Å²) in [5, 5.41) is 0. The molecular formula is CH4F3N2O4PS2. The Kier molecular flexibility index (Phi) is 3.53. The molecule has 0 fully saturated rings. The molecule has 0 aromatic rings. The minimum absolute atomic E-state index is 0.190. The molecule has 0 aliphatic carbocycles. The Morgan fingerprint density at radius 1 is 1.23 bits per heavy atom. The lowest BCUT2D eigenvalue weighted by molar-refractivity contribution is 0.545. The molecule has 0 heterocycles. The molecule has 0 aliphatic rings. The van der Waals surface area contributed by atoms with E-state index in [2.05, 4.69) is 0 Å². The highest BCUT2D eigenvalue weighted by atomic mass is 32.3. The number of nitrogens with zero attached hydrogens (tertiary/aromatic N) is 1. The van der Waals surface area contributed by atoms with E-state index >= 15 is 0 Å². The second-order valence-electron chi connectivity index (χ2n) is 1.83. The van der Waals surface area contributed by atoms with Gasteiger partial charge in [-0.3, -0.25) is 0 Å². The van der Waals surface area contributed by atoms with Gasteiger partial charge in [-0.25, -0.2) is 8.42 Å². The molecule has 12 heteroatoms. The van der Waals surface area contributed by atoms with Crippen LogP contribution in [0.15, 0.2) is 4.15 Å². The summed E-state index contributed by atoms with van der Waals surface area (Å²) in [6, 6.07) is 0. The fraction of sp³-hybridized carbons (Fsp3) is 1.00. The van der Waals surface area contributed by atoms with Crippen molar-refractivity contribution in [2.45, 2.75) is 0 Å². The molecule has 0 bridgehead atoms. The van der Waals surface area contributed by atoms with Crippen LogP contribution in [0, 0.1) is 0 Å². The molecule has 0 rings (SSSR count). The van der Waals surface area contributed by atoms with Crippen molar-refractivity contribution < 1.29 is 29.1 Å². The van der Waals surface area contributed by atoms with E-state index in [1.54, 1.807) is 0 Å². The first-order valence-electron chi connectivity index (χ1n) is 2.38. The molecule has 0 unspecified atom stereocenters. The van der Waals surface area contributed by atoms with Crippen LogP contribution < -0.4 is 4.49 Å². The van der Waals surface area contributed by atoms with Gasteiger partial charge < -0.3 is 0 Å². The van der Waals surface area contributed by atoms with Crippen molar-refractivity contribution in [1.29, 1.82) is 0 Å². The van der Waals surface area contributed by atoms with Crippen LogP contribution >= 0.6 is 7.83 Å². The molecule has 6 nitrogen and oxygen atoms in total. The fourth-order valence-electron chi connectivity index (χ4n) is 0.334. The third-order valence-electron chi connectivity index (χ3n) is 0.470. The van der Waals surface area contributed by atoms with Crippen molar-refractivity contribution in [2.75, 3.05) is 6.26 Å². The van der Waals surface area contributed by atoms with Gasteiger partial charge in [-0.05, 0) is 0 Å². The second kappa shape index (κ2) is 3.56. The van der Waals surface area contributed by atoms with Crippen LogP contribution in [-0.4, -0.2) is 23.1 Å². The zero-order chi connectivity index (χ0) is 10.9. The first kappa shape index (κ1) is 12.9.